The van der Waals surface area contributed by atoms with Crippen molar-refractivity contribution in [3.8, 4) is 0 Å². The van der Waals surface area contributed by atoms with Crippen LogP contribution in [0.1, 0.15) is 10.4 Å². The molecule has 1 aromatic heterocycles. The SMILES string of the molecule is Nc1ccc(NC(=O)c2cc(Cl)cc(Br)c2)cn1. The van der Waals surface area contributed by atoms with E-state index in [4.69, 9.17) is 17.3 Å². The van der Waals surface area contributed by atoms with E-state index in [0.29, 0.717) is 22.1 Å². The van der Waals surface area contributed by atoms with Crippen LogP contribution in [0.25, 0.3) is 0 Å². The second kappa shape index (κ2) is 5.37. The molecule has 0 atom stereocenters. The Hall–Kier alpha value is -1.59. The predicted molar refractivity (Wildman–Crippen MR) is 75.8 cm³/mol. The maximum Gasteiger partial charge on any atom is 0.255 e. The van der Waals surface area contributed by atoms with Crippen molar-refractivity contribution in [2.45, 2.75) is 0 Å². The molecule has 1 aromatic carbocycles. The molecule has 2 rings (SSSR count). The van der Waals surface area contributed by atoms with Gasteiger partial charge in [-0.1, -0.05) is 27.5 Å². The normalized spacial score (nSPS) is 10.1. The zero-order valence-electron chi connectivity index (χ0n) is 9.15. The highest BCUT2D eigenvalue weighted by atomic mass is 79.9. The van der Waals surface area contributed by atoms with E-state index in [9.17, 15) is 4.79 Å². The number of carbonyl (C=O) groups excluding carboxylic acids is 1. The Labute approximate surface area is 117 Å². The molecule has 0 aliphatic heterocycles. The van der Waals surface area contributed by atoms with Crippen LogP contribution in [-0.2, 0) is 0 Å². The van der Waals surface area contributed by atoms with Crippen LogP contribution in [0.5, 0.6) is 0 Å². The molecule has 0 aliphatic carbocycles. The summed E-state index contributed by atoms with van der Waals surface area (Å²) in [4.78, 5) is 15.8. The maximum atomic E-state index is 12.0. The molecule has 0 unspecified atom stereocenters. The standard InChI is InChI=1S/C12H9BrClN3O/c13-8-3-7(4-9(14)5-8)12(18)17-10-1-2-11(15)16-6-10/h1-6H,(H2,15,16)(H,17,18). The minimum atomic E-state index is -0.259. The number of pyridine rings is 1. The summed E-state index contributed by atoms with van der Waals surface area (Å²) >= 11 is 9.16. The first-order valence-corrected chi connectivity index (χ1v) is 6.20. The van der Waals surface area contributed by atoms with Gasteiger partial charge in [-0.05, 0) is 30.3 Å². The number of nitrogen functional groups attached to an aromatic ring is 1. The van der Waals surface area contributed by atoms with Gasteiger partial charge in [0.25, 0.3) is 5.91 Å². The van der Waals surface area contributed by atoms with E-state index >= 15 is 0 Å². The monoisotopic (exact) mass is 325 g/mol. The predicted octanol–water partition coefficient (Wildman–Crippen LogP) is 3.33. The van der Waals surface area contributed by atoms with Crippen molar-refractivity contribution in [3.63, 3.8) is 0 Å². The number of hydrogen-bond donors (Lipinski definition) is 2. The van der Waals surface area contributed by atoms with Gasteiger partial charge in [0.1, 0.15) is 5.82 Å². The highest BCUT2D eigenvalue weighted by molar-refractivity contribution is 9.10. The van der Waals surface area contributed by atoms with E-state index in [0.717, 1.165) is 4.47 Å². The highest BCUT2D eigenvalue weighted by Gasteiger charge is 2.08. The molecule has 92 valence electrons. The minimum Gasteiger partial charge on any atom is -0.384 e. The fourth-order valence-electron chi connectivity index (χ4n) is 1.37. The van der Waals surface area contributed by atoms with Crippen molar-refractivity contribution in [2.75, 3.05) is 11.1 Å². The third-order valence-electron chi connectivity index (χ3n) is 2.17. The number of halogens is 2. The lowest BCUT2D eigenvalue weighted by molar-refractivity contribution is 0.102. The summed E-state index contributed by atoms with van der Waals surface area (Å²) in [6.07, 6.45) is 1.49. The van der Waals surface area contributed by atoms with Crippen molar-refractivity contribution in [2.24, 2.45) is 0 Å². The number of anilines is 2. The van der Waals surface area contributed by atoms with Gasteiger partial charge < -0.3 is 11.1 Å². The van der Waals surface area contributed by atoms with Gasteiger partial charge in [0.2, 0.25) is 0 Å². The molecule has 2 aromatic rings. The van der Waals surface area contributed by atoms with Crippen LogP contribution < -0.4 is 11.1 Å². The van der Waals surface area contributed by atoms with Crippen LogP contribution in [0.15, 0.2) is 41.0 Å². The second-order valence-electron chi connectivity index (χ2n) is 3.58. The summed E-state index contributed by atoms with van der Waals surface area (Å²) in [6, 6.07) is 8.28. The molecule has 0 saturated heterocycles. The quantitative estimate of drug-likeness (QED) is 0.889. The summed E-state index contributed by atoms with van der Waals surface area (Å²) in [7, 11) is 0. The first-order valence-electron chi connectivity index (χ1n) is 5.03. The largest absolute Gasteiger partial charge is 0.384 e. The second-order valence-corrected chi connectivity index (χ2v) is 4.94. The number of nitrogens with one attached hydrogen (secondary N) is 1. The average molecular weight is 327 g/mol. The Balaban J connectivity index is 2.19. The van der Waals surface area contributed by atoms with Crippen LogP contribution in [0.4, 0.5) is 11.5 Å². The molecule has 0 bridgehead atoms. The van der Waals surface area contributed by atoms with Crippen LogP contribution in [-0.4, -0.2) is 10.9 Å². The van der Waals surface area contributed by atoms with E-state index in [2.05, 4.69) is 26.2 Å². The molecule has 3 N–H and O–H groups in total. The van der Waals surface area contributed by atoms with E-state index in [1.54, 1.807) is 30.3 Å². The lowest BCUT2D eigenvalue weighted by atomic mass is 10.2. The summed E-state index contributed by atoms with van der Waals surface area (Å²) in [5, 5.41) is 3.19. The fourth-order valence-corrected chi connectivity index (χ4v) is 2.23. The molecule has 0 spiro atoms. The smallest absolute Gasteiger partial charge is 0.255 e. The van der Waals surface area contributed by atoms with Gasteiger partial charge in [-0.25, -0.2) is 4.98 Å². The Morgan fingerprint density at radius 1 is 1.33 bits per heavy atom. The van der Waals surface area contributed by atoms with Gasteiger partial charge in [-0.2, -0.15) is 0 Å². The third kappa shape index (κ3) is 3.21. The number of nitrogens with two attached hydrogens (primary N) is 1. The van der Waals surface area contributed by atoms with Crippen LogP contribution in [0.2, 0.25) is 5.02 Å². The zero-order valence-corrected chi connectivity index (χ0v) is 11.5. The first-order chi connectivity index (χ1) is 8.54. The van der Waals surface area contributed by atoms with E-state index in [-0.39, 0.29) is 5.91 Å². The number of benzene rings is 1. The molecular weight excluding hydrogens is 318 g/mol. The van der Waals surface area contributed by atoms with Gasteiger partial charge in [0.05, 0.1) is 11.9 Å². The number of rotatable bonds is 2. The molecule has 0 aliphatic rings. The van der Waals surface area contributed by atoms with Crippen LogP contribution >= 0.6 is 27.5 Å². The first kappa shape index (κ1) is 12.9. The molecule has 4 nitrogen and oxygen atoms in total. The van der Waals surface area contributed by atoms with Crippen molar-refractivity contribution < 1.29 is 4.79 Å². The summed E-state index contributed by atoms with van der Waals surface area (Å²) in [5.41, 5.74) is 6.50. The van der Waals surface area contributed by atoms with E-state index in [1.165, 1.54) is 6.20 Å². The Bertz CT molecular complexity index is 566. The third-order valence-corrected chi connectivity index (χ3v) is 2.85. The molecule has 6 heteroatoms. The van der Waals surface area contributed by atoms with Crippen molar-refractivity contribution >= 4 is 44.9 Å². The number of aromatic nitrogens is 1. The van der Waals surface area contributed by atoms with Crippen molar-refractivity contribution in [1.29, 1.82) is 0 Å². The molecule has 0 radical (unpaired) electrons. The topological polar surface area (TPSA) is 68.0 Å². The minimum absolute atomic E-state index is 0.259. The molecule has 0 saturated carbocycles. The number of hydrogen-bond acceptors (Lipinski definition) is 3. The Kier molecular flexibility index (Phi) is 3.84. The lowest BCUT2D eigenvalue weighted by Gasteiger charge is -2.06. The van der Waals surface area contributed by atoms with Crippen molar-refractivity contribution in [1.82, 2.24) is 4.98 Å². The number of nitrogens with zero attached hydrogens (tertiary/aromatic N) is 1. The Morgan fingerprint density at radius 3 is 2.72 bits per heavy atom. The zero-order chi connectivity index (χ0) is 13.1. The number of amides is 1. The van der Waals surface area contributed by atoms with Gasteiger partial charge >= 0.3 is 0 Å². The fraction of sp³-hybridized carbons (Fsp3) is 0. The van der Waals surface area contributed by atoms with Gasteiger partial charge in [0.15, 0.2) is 0 Å². The summed E-state index contributed by atoms with van der Waals surface area (Å²) in [5.74, 6) is 0.142. The van der Waals surface area contributed by atoms with E-state index < -0.39 is 0 Å². The molecule has 18 heavy (non-hydrogen) atoms. The van der Waals surface area contributed by atoms with E-state index in [1.807, 2.05) is 0 Å². The Morgan fingerprint density at radius 2 is 2.11 bits per heavy atom. The summed E-state index contributed by atoms with van der Waals surface area (Å²) in [6.45, 7) is 0. The van der Waals surface area contributed by atoms with Gasteiger partial charge in [-0.15, -0.1) is 0 Å². The summed E-state index contributed by atoms with van der Waals surface area (Å²) < 4.78 is 0.746. The average Bonchev–Trinajstić information content (AvgIpc) is 2.31. The van der Waals surface area contributed by atoms with Crippen LogP contribution in [0.3, 0.4) is 0 Å². The van der Waals surface area contributed by atoms with Gasteiger partial charge in [0, 0.05) is 15.1 Å². The molecule has 0 fully saturated rings. The molecular formula is C12H9BrClN3O. The number of carbonyl (C=O) groups is 1. The van der Waals surface area contributed by atoms with Gasteiger partial charge in [-0.3, -0.25) is 4.79 Å². The maximum absolute atomic E-state index is 12.0. The lowest BCUT2D eigenvalue weighted by Crippen LogP contribution is -2.12. The van der Waals surface area contributed by atoms with Crippen LogP contribution in [0, 0.1) is 0 Å². The molecule has 1 amide bonds. The highest BCUT2D eigenvalue weighted by Crippen LogP contribution is 2.20. The van der Waals surface area contributed by atoms with Crippen molar-refractivity contribution in [3.05, 3.63) is 51.6 Å². The molecule has 1 heterocycles.